The Balaban J connectivity index is 1.85. The number of piperazine rings is 1. The van der Waals surface area contributed by atoms with Gasteiger partial charge in [0.25, 0.3) is 0 Å². The normalized spacial score (nSPS) is 23.4. The van der Waals surface area contributed by atoms with Crippen LogP contribution in [0.25, 0.3) is 0 Å². The van der Waals surface area contributed by atoms with E-state index in [0.717, 1.165) is 24.0 Å². The van der Waals surface area contributed by atoms with Gasteiger partial charge in [0.1, 0.15) is 0 Å². The molecule has 1 aromatic carbocycles. The fourth-order valence-electron chi connectivity index (χ4n) is 2.59. The van der Waals surface area contributed by atoms with E-state index in [1.54, 1.807) is 0 Å². The molecule has 1 aliphatic rings. The maximum atomic E-state index is 12.2. The number of carbonyl (C=O) groups excluding carboxylic acids is 1. The molecule has 0 unspecified atom stereocenters. The van der Waals surface area contributed by atoms with Crippen LogP contribution < -0.4 is 5.32 Å². The van der Waals surface area contributed by atoms with E-state index in [2.05, 4.69) is 47.2 Å². The van der Waals surface area contributed by atoms with Crippen molar-refractivity contribution in [1.29, 1.82) is 0 Å². The zero-order chi connectivity index (χ0) is 13.8. The third kappa shape index (κ3) is 4.32. The summed E-state index contributed by atoms with van der Waals surface area (Å²) in [6.45, 7) is 5.91. The summed E-state index contributed by atoms with van der Waals surface area (Å²) in [5, 5.41) is 3.44. The predicted octanol–water partition coefficient (Wildman–Crippen LogP) is 2.59. The lowest BCUT2D eigenvalue weighted by atomic mass is 10.1. The molecule has 4 heteroatoms. The van der Waals surface area contributed by atoms with Crippen LogP contribution in [0.5, 0.6) is 0 Å². The van der Waals surface area contributed by atoms with E-state index >= 15 is 0 Å². The molecule has 0 bridgehead atoms. The fraction of sp³-hybridized carbons (Fsp3) is 0.533. The molecule has 0 aliphatic carbocycles. The van der Waals surface area contributed by atoms with E-state index in [-0.39, 0.29) is 5.91 Å². The molecule has 2 atom stereocenters. The summed E-state index contributed by atoms with van der Waals surface area (Å²) in [5.74, 6) is 0.267. The van der Waals surface area contributed by atoms with Gasteiger partial charge in [-0.1, -0.05) is 28.1 Å². The standard InChI is InChI=1S/C15H21BrN2O/c1-11-9-18(10-12(2)17-11)15(19)8-5-13-3-6-14(16)7-4-13/h3-4,6-7,11-12,17H,5,8-10H2,1-2H3/t11-,12-/m1/s1. The Kier molecular flexibility index (Phi) is 4.99. The van der Waals surface area contributed by atoms with Gasteiger partial charge in [0.2, 0.25) is 5.91 Å². The van der Waals surface area contributed by atoms with E-state index in [1.165, 1.54) is 5.56 Å². The van der Waals surface area contributed by atoms with E-state index in [9.17, 15) is 4.79 Å². The Hall–Kier alpha value is -0.870. The maximum Gasteiger partial charge on any atom is 0.223 e. The van der Waals surface area contributed by atoms with Crippen molar-refractivity contribution in [3.8, 4) is 0 Å². The topological polar surface area (TPSA) is 32.3 Å². The largest absolute Gasteiger partial charge is 0.340 e. The second kappa shape index (κ2) is 6.53. The minimum Gasteiger partial charge on any atom is -0.340 e. The molecule has 1 aliphatic heterocycles. The van der Waals surface area contributed by atoms with Gasteiger partial charge in [0.05, 0.1) is 0 Å². The highest BCUT2D eigenvalue weighted by atomic mass is 79.9. The first kappa shape index (κ1) is 14.5. The van der Waals surface area contributed by atoms with Crippen molar-refractivity contribution in [2.45, 2.75) is 38.8 Å². The second-order valence-electron chi connectivity index (χ2n) is 5.39. The van der Waals surface area contributed by atoms with Gasteiger partial charge < -0.3 is 10.2 Å². The first-order chi connectivity index (χ1) is 9.04. The van der Waals surface area contributed by atoms with Crippen molar-refractivity contribution in [3.63, 3.8) is 0 Å². The highest BCUT2D eigenvalue weighted by Crippen LogP contribution is 2.13. The van der Waals surface area contributed by atoms with Gasteiger partial charge >= 0.3 is 0 Å². The number of aryl methyl sites for hydroxylation is 1. The molecule has 1 aromatic rings. The molecular formula is C15H21BrN2O. The molecule has 3 nitrogen and oxygen atoms in total. The van der Waals surface area contributed by atoms with Gasteiger partial charge in [-0.2, -0.15) is 0 Å². The maximum absolute atomic E-state index is 12.2. The van der Waals surface area contributed by atoms with Crippen LogP contribution >= 0.6 is 15.9 Å². The van der Waals surface area contributed by atoms with Crippen molar-refractivity contribution in [2.75, 3.05) is 13.1 Å². The third-order valence-electron chi connectivity index (χ3n) is 3.45. The van der Waals surface area contributed by atoms with E-state index in [0.29, 0.717) is 18.5 Å². The van der Waals surface area contributed by atoms with Gasteiger partial charge in [0, 0.05) is 36.1 Å². The van der Waals surface area contributed by atoms with Crippen molar-refractivity contribution in [3.05, 3.63) is 34.3 Å². The van der Waals surface area contributed by atoms with Crippen LogP contribution in [0, 0.1) is 0 Å². The molecule has 0 aromatic heterocycles. The summed E-state index contributed by atoms with van der Waals surface area (Å²) in [4.78, 5) is 14.2. The van der Waals surface area contributed by atoms with E-state index in [4.69, 9.17) is 0 Å². The number of benzene rings is 1. The van der Waals surface area contributed by atoms with Gasteiger partial charge in [-0.15, -0.1) is 0 Å². The number of hydrogen-bond acceptors (Lipinski definition) is 2. The molecule has 19 heavy (non-hydrogen) atoms. The molecule has 1 heterocycles. The Morgan fingerprint density at radius 2 is 1.84 bits per heavy atom. The predicted molar refractivity (Wildman–Crippen MR) is 81.1 cm³/mol. The van der Waals surface area contributed by atoms with Crippen LogP contribution in [0.3, 0.4) is 0 Å². The zero-order valence-electron chi connectivity index (χ0n) is 11.5. The van der Waals surface area contributed by atoms with Crippen LogP contribution in [0.4, 0.5) is 0 Å². The summed E-state index contributed by atoms with van der Waals surface area (Å²) >= 11 is 3.42. The number of nitrogens with one attached hydrogen (secondary N) is 1. The van der Waals surface area contributed by atoms with E-state index in [1.807, 2.05) is 17.0 Å². The molecule has 0 saturated carbocycles. The Labute approximate surface area is 123 Å². The number of halogens is 1. The first-order valence-corrected chi connectivity index (χ1v) is 7.62. The lowest BCUT2D eigenvalue weighted by Crippen LogP contribution is -2.55. The van der Waals surface area contributed by atoms with Crippen molar-refractivity contribution < 1.29 is 4.79 Å². The lowest BCUT2D eigenvalue weighted by Gasteiger charge is -2.36. The number of amides is 1. The van der Waals surface area contributed by atoms with Gasteiger partial charge in [0.15, 0.2) is 0 Å². The minimum atomic E-state index is 0.267. The molecule has 0 radical (unpaired) electrons. The van der Waals surface area contributed by atoms with Gasteiger partial charge in [-0.25, -0.2) is 0 Å². The molecule has 104 valence electrons. The highest BCUT2D eigenvalue weighted by Gasteiger charge is 2.24. The molecular weight excluding hydrogens is 304 g/mol. The molecule has 1 amide bonds. The van der Waals surface area contributed by atoms with Crippen LogP contribution in [-0.4, -0.2) is 36.0 Å². The Morgan fingerprint density at radius 3 is 2.42 bits per heavy atom. The summed E-state index contributed by atoms with van der Waals surface area (Å²) in [7, 11) is 0. The molecule has 1 saturated heterocycles. The van der Waals surface area contributed by atoms with Crippen molar-refractivity contribution in [2.24, 2.45) is 0 Å². The lowest BCUT2D eigenvalue weighted by molar-refractivity contribution is -0.132. The summed E-state index contributed by atoms with van der Waals surface area (Å²) < 4.78 is 1.08. The average Bonchev–Trinajstić information content (AvgIpc) is 2.36. The Morgan fingerprint density at radius 1 is 1.26 bits per heavy atom. The van der Waals surface area contributed by atoms with Crippen LogP contribution in [0.2, 0.25) is 0 Å². The zero-order valence-corrected chi connectivity index (χ0v) is 13.1. The minimum absolute atomic E-state index is 0.267. The van der Waals surface area contributed by atoms with E-state index < -0.39 is 0 Å². The highest BCUT2D eigenvalue weighted by molar-refractivity contribution is 9.10. The SMILES string of the molecule is C[C@@H]1CN(C(=O)CCc2ccc(Br)cc2)C[C@@H](C)N1. The summed E-state index contributed by atoms with van der Waals surface area (Å²) in [6.07, 6.45) is 1.42. The van der Waals surface area contributed by atoms with Gasteiger partial charge in [-0.3, -0.25) is 4.79 Å². The number of carbonyl (C=O) groups is 1. The molecule has 1 fully saturated rings. The second-order valence-corrected chi connectivity index (χ2v) is 6.31. The smallest absolute Gasteiger partial charge is 0.223 e. The van der Waals surface area contributed by atoms with Crippen molar-refractivity contribution >= 4 is 21.8 Å². The first-order valence-electron chi connectivity index (χ1n) is 6.83. The number of rotatable bonds is 3. The fourth-order valence-corrected chi connectivity index (χ4v) is 2.86. The van der Waals surface area contributed by atoms with Crippen LogP contribution in [0.15, 0.2) is 28.7 Å². The van der Waals surface area contributed by atoms with Crippen LogP contribution in [-0.2, 0) is 11.2 Å². The summed E-state index contributed by atoms with van der Waals surface area (Å²) in [6, 6.07) is 8.96. The monoisotopic (exact) mass is 324 g/mol. The molecule has 1 N–H and O–H groups in total. The average molecular weight is 325 g/mol. The van der Waals surface area contributed by atoms with Gasteiger partial charge in [-0.05, 0) is 38.0 Å². The van der Waals surface area contributed by atoms with Crippen LogP contribution in [0.1, 0.15) is 25.8 Å². The third-order valence-corrected chi connectivity index (χ3v) is 3.98. The summed E-state index contributed by atoms with van der Waals surface area (Å²) in [5.41, 5.74) is 1.22. The quantitative estimate of drug-likeness (QED) is 0.926. The molecule has 2 rings (SSSR count). The number of nitrogens with zero attached hydrogens (tertiary/aromatic N) is 1. The Bertz CT molecular complexity index is 422. The molecule has 0 spiro atoms. The van der Waals surface area contributed by atoms with Crippen molar-refractivity contribution in [1.82, 2.24) is 10.2 Å². The number of hydrogen-bond donors (Lipinski definition) is 1.